The van der Waals surface area contributed by atoms with E-state index in [0.717, 1.165) is 31.9 Å². The van der Waals surface area contributed by atoms with Crippen molar-refractivity contribution >= 4 is 33.0 Å². The number of methoxy groups -OCH3 is 1. The predicted molar refractivity (Wildman–Crippen MR) is 99.3 cm³/mol. The summed E-state index contributed by atoms with van der Waals surface area (Å²) in [6, 6.07) is 6.45. The number of esters is 1. The number of imidazole rings is 1. The number of carbonyl (C=O) groups is 1. The molecule has 0 aliphatic carbocycles. The Morgan fingerprint density at radius 2 is 2.00 bits per heavy atom. The molecule has 0 atom stereocenters. The summed E-state index contributed by atoms with van der Waals surface area (Å²) in [4.78, 5) is 17.7. The Balaban J connectivity index is 2.07. The number of nitrogens with zero attached hydrogens (tertiary/aromatic N) is 3. The summed E-state index contributed by atoms with van der Waals surface area (Å²) < 4.78 is 21.2. The largest absolute Gasteiger partial charge is 0.465 e. The molecular formula is C19H16FN3O2S. The van der Waals surface area contributed by atoms with Gasteiger partial charge in [0.25, 0.3) is 0 Å². The van der Waals surface area contributed by atoms with Gasteiger partial charge in [-0.1, -0.05) is 0 Å². The highest BCUT2D eigenvalue weighted by Gasteiger charge is 2.22. The molecule has 0 aliphatic heterocycles. The Morgan fingerprint density at radius 1 is 1.23 bits per heavy atom. The van der Waals surface area contributed by atoms with Crippen LogP contribution >= 0.6 is 11.3 Å². The van der Waals surface area contributed by atoms with E-state index in [-0.39, 0.29) is 5.82 Å². The van der Waals surface area contributed by atoms with E-state index in [4.69, 9.17) is 4.74 Å². The van der Waals surface area contributed by atoms with Crippen LogP contribution in [0.25, 0.3) is 26.3 Å². The zero-order valence-corrected chi connectivity index (χ0v) is 15.6. The van der Waals surface area contributed by atoms with Crippen LogP contribution in [-0.4, -0.2) is 27.7 Å². The van der Waals surface area contributed by atoms with Crippen LogP contribution in [0.4, 0.5) is 4.39 Å². The molecule has 0 saturated heterocycles. The van der Waals surface area contributed by atoms with Gasteiger partial charge in [0.15, 0.2) is 5.65 Å². The number of fused-ring (bicyclic) bond motifs is 2. The Hall–Kier alpha value is -2.80. The third kappa shape index (κ3) is 2.39. The molecule has 26 heavy (non-hydrogen) atoms. The van der Waals surface area contributed by atoms with Gasteiger partial charge in [-0.25, -0.2) is 18.7 Å². The highest BCUT2D eigenvalue weighted by molar-refractivity contribution is 7.22. The van der Waals surface area contributed by atoms with Gasteiger partial charge in [-0.05, 0) is 56.0 Å². The van der Waals surface area contributed by atoms with Gasteiger partial charge in [0.1, 0.15) is 17.1 Å². The maximum Gasteiger partial charge on any atom is 0.341 e. The van der Waals surface area contributed by atoms with Crippen LogP contribution in [0, 0.1) is 26.6 Å². The standard InChI is InChI=1S/C19H16FN3O2S/c1-9-7-14(19(24)25-4)18-21-11(3)16(23(18)22-9)17-10(2)13-8-12(20)5-6-15(13)26-17/h5-8H,1-4H3. The molecule has 1 aromatic carbocycles. The number of benzene rings is 1. The molecule has 4 rings (SSSR count). The lowest BCUT2D eigenvalue weighted by atomic mass is 10.1. The number of carbonyl (C=O) groups excluding carboxylic acids is 1. The van der Waals surface area contributed by atoms with Gasteiger partial charge in [-0.2, -0.15) is 5.10 Å². The summed E-state index contributed by atoms with van der Waals surface area (Å²) in [5.74, 6) is -0.714. The number of rotatable bonds is 2. The topological polar surface area (TPSA) is 56.5 Å². The first-order valence-corrected chi connectivity index (χ1v) is 8.86. The third-order valence-corrected chi connectivity index (χ3v) is 5.68. The van der Waals surface area contributed by atoms with Crippen molar-refractivity contribution in [1.82, 2.24) is 14.6 Å². The van der Waals surface area contributed by atoms with E-state index >= 15 is 0 Å². The van der Waals surface area contributed by atoms with Crippen molar-refractivity contribution in [3.8, 4) is 10.6 Å². The number of aryl methyl sites for hydroxylation is 3. The first kappa shape index (κ1) is 16.7. The smallest absolute Gasteiger partial charge is 0.341 e. The monoisotopic (exact) mass is 369 g/mol. The van der Waals surface area contributed by atoms with E-state index in [0.29, 0.717) is 16.9 Å². The quantitative estimate of drug-likeness (QED) is 0.490. The van der Waals surface area contributed by atoms with Gasteiger partial charge in [-0.3, -0.25) is 0 Å². The molecule has 3 heterocycles. The molecule has 0 spiro atoms. The number of aromatic nitrogens is 3. The zero-order valence-electron chi connectivity index (χ0n) is 14.8. The van der Waals surface area contributed by atoms with Crippen molar-refractivity contribution in [1.29, 1.82) is 0 Å². The summed E-state index contributed by atoms with van der Waals surface area (Å²) in [6.45, 7) is 5.66. The maximum absolute atomic E-state index is 13.7. The van der Waals surface area contributed by atoms with Gasteiger partial charge in [0.05, 0.1) is 23.4 Å². The number of hydrogen-bond acceptors (Lipinski definition) is 5. The number of thiophene rings is 1. The molecule has 0 aliphatic rings. The average Bonchev–Trinajstić information content (AvgIpc) is 3.10. The van der Waals surface area contributed by atoms with Gasteiger partial charge in [0.2, 0.25) is 0 Å². The number of ether oxygens (including phenoxy) is 1. The second-order valence-corrected chi connectivity index (χ2v) is 7.22. The maximum atomic E-state index is 13.7. The van der Waals surface area contributed by atoms with Crippen molar-refractivity contribution in [3.05, 3.63) is 52.6 Å². The summed E-state index contributed by atoms with van der Waals surface area (Å²) in [6.07, 6.45) is 0. The Morgan fingerprint density at radius 3 is 2.73 bits per heavy atom. The summed E-state index contributed by atoms with van der Waals surface area (Å²) >= 11 is 1.56. The minimum atomic E-state index is -0.452. The molecule has 0 saturated carbocycles. The van der Waals surface area contributed by atoms with E-state index in [1.54, 1.807) is 34.1 Å². The van der Waals surface area contributed by atoms with Crippen LogP contribution in [0.5, 0.6) is 0 Å². The van der Waals surface area contributed by atoms with Crippen LogP contribution in [0.1, 0.15) is 27.3 Å². The molecule has 7 heteroatoms. The highest BCUT2D eigenvalue weighted by Crippen LogP contribution is 2.40. The van der Waals surface area contributed by atoms with E-state index in [9.17, 15) is 9.18 Å². The first-order chi connectivity index (χ1) is 12.4. The Labute approximate surface area is 153 Å². The lowest BCUT2D eigenvalue weighted by Crippen LogP contribution is -2.08. The molecule has 0 amide bonds. The fourth-order valence-corrected chi connectivity index (χ4v) is 4.46. The summed E-state index contributed by atoms with van der Waals surface area (Å²) in [7, 11) is 1.34. The van der Waals surface area contributed by atoms with E-state index in [2.05, 4.69) is 10.1 Å². The average molecular weight is 369 g/mol. The summed E-state index contributed by atoms with van der Waals surface area (Å²) in [5, 5.41) is 5.43. The fraction of sp³-hybridized carbons (Fsp3) is 0.211. The molecule has 5 nitrogen and oxygen atoms in total. The zero-order chi connectivity index (χ0) is 18.6. The van der Waals surface area contributed by atoms with Crippen LogP contribution in [0.3, 0.4) is 0 Å². The van der Waals surface area contributed by atoms with Crippen molar-refractivity contribution in [2.24, 2.45) is 0 Å². The van der Waals surface area contributed by atoms with Crippen molar-refractivity contribution in [2.75, 3.05) is 7.11 Å². The van der Waals surface area contributed by atoms with Crippen LogP contribution in [-0.2, 0) is 4.74 Å². The molecule has 0 fully saturated rings. The Bertz CT molecular complexity index is 1190. The van der Waals surface area contributed by atoms with Crippen LogP contribution in [0.15, 0.2) is 24.3 Å². The molecule has 0 radical (unpaired) electrons. The van der Waals surface area contributed by atoms with Crippen LogP contribution < -0.4 is 0 Å². The van der Waals surface area contributed by atoms with Crippen molar-refractivity contribution in [2.45, 2.75) is 20.8 Å². The van der Waals surface area contributed by atoms with Gasteiger partial charge in [-0.15, -0.1) is 11.3 Å². The first-order valence-electron chi connectivity index (χ1n) is 8.05. The lowest BCUT2D eigenvalue weighted by Gasteiger charge is -2.05. The fourth-order valence-electron chi connectivity index (χ4n) is 3.19. The molecule has 4 aromatic rings. The number of halogens is 1. The lowest BCUT2D eigenvalue weighted by molar-refractivity contribution is 0.0602. The minimum Gasteiger partial charge on any atom is -0.465 e. The normalized spacial score (nSPS) is 11.4. The molecular weight excluding hydrogens is 353 g/mol. The van der Waals surface area contributed by atoms with E-state index < -0.39 is 5.97 Å². The second-order valence-electron chi connectivity index (χ2n) is 6.17. The van der Waals surface area contributed by atoms with E-state index in [1.807, 2.05) is 20.8 Å². The Kier molecular flexibility index (Phi) is 3.77. The predicted octanol–water partition coefficient (Wildman–Crippen LogP) is 4.46. The van der Waals surface area contributed by atoms with Crippen LogP contribution in [0.2, 0.25) is 0 Å². The van der Waals surface area contributed by atoms with E-state index in [1.165, 1.54) is 13.2 Å². The third-order valence-electron chi connectivity index (χ3n) is 4.40. The number of hydrogen-bond donors (Lipinski definition) is 0. The second kappa shape index (κ2) is 5.88. The molecule has 0 N–H and O–H groups in total. The minimum absolute atomic E-state index is 0.262. The molecule has 132 valence electrons. The van der Waals surface area contributed by atoms with Crippen molar-refractivity contribution in [3.63, 3.8) is 0 Å². The van der Waals surface area contributed by atoms with Gasteiger partial charge < -0.3 is 4.74 Å². The van der Waals surface area contributed by atoms with Gasteiger partial charge >= 0.3 is 5.97 Å². The van der Waals surface area contributed by atoms with Gasteiger partial charge in [0, 0.05) is 4.70 Å². The molecule has 0 bridgehead atoms. The molecule has 3 aromatic heterocycles. The summed E-state index contributed by atoms with van der Waals surface area (Å²) in [5.41, 5.74) is 4.05. The molecule has 0 unspecified atom stereocenters. The highest BCUT2D eigenvalue weighted by atomic mass is 32.1. The SMILES string of the molecule is COC(=O)c1cc(C)nn2c(-c3sc4ccc(F)cc4c3C)c(C)nc12. The van der Waals surface area contributed by atoms with Crippen molar-refractivity contribution < 1.29 is 13.9 Å².